The highest BCUT2D eigenvalue weighted by Gasteiger charge is 2.31. The van der Waals surface area contributed by atoms with E-state index in [4.69, 9.17) is 27.9 Å². The predicted octanol–water partition coefficient (Wildman–Crippen LogP) is 4.41. The summed E-state index contributed by atoms with van der Waals surface area (Å²) in [6, 6.07) is 7.25. The van der Waals surface area contributed by atoms with Gasteiger partial charge in [-0.25, -0.2) is 0 Å². The summed E-state index contributed by atoms with van der Waals surface area (Å²) in [7, 11) is 0. The summed E-state index contributed by atoms with van der Waals surface area (Å²) in [6.07, 6.45) is 1.82. The molecular formula is C18H18Cl2N2O3S. The second-order valence-electron chi connectivity index (χ2n) is 5.67. The van der Waals surface area contributed by atoms with Crippen LogP contribution in [-0.2, 0) is 14.3 Å². The minimum Gasteiger partial charge on any atom is -0.465 e. The molecule has 1 aliphatic heterocycles. The normalized spacial score (nSPS) is 16.8. The van der Waals surface area contributed by atoms with Crippen LogP contribution in [0.5, 0.6) is 0 Å². The van der Waals surface area contributed by atoms with Crippen LogP contribution >= 0.6 is 35.0 Å². The number of nitriles is 1. The third-order valence-corrected chi connectivity index (χ3v) is 5.63. The Kier molecular flexibility index (Phi) is 7.83. The first-order valence-electron chi connectivity index (χ1n) is 8.14. The van der Waals surface area contributed by atoms with Gasteiger partial charge in [0.2, 0.25) is 5.91 Å². The number of allylic oxidation sites excluding steroid dienone is 1. The van der Waals surface area contributed by atoms with E-state index in [0.29, 0.717) is 32.8 Å². The molecule has 26 heavy (non-hydrogen) atoms. The molecule has 5 nitrogen and oxygen atoms in total. The number of esters is 1. The molecule has 2 rings (SSSR count). The molecule has 1 aromatic carbocycles. The highest BCUT2D eigenvalue weighted by Crippen LogP contribution is 2.40. The lowest BCUT2D eigenvalue weighted by Gasteiger charge is -2.25. The summed E-state index contributed by atoms with van der Waals surface area (Å²) in [4.78, 5) is 23.9. The molecule has 1 aliphatic rings. The molecule has 0 saturated heterocycles. The van der Waals surface area contributed by atoms with Crippen molar-refractivity contribution in [3.63, 3.8) is 0 Å². The molecule has 8 heteroatoms. The fraction of sp³-hybridized carbons (Fsp3) is 0.389. The molecule has 1 aromatic rings. The maximum Gasteiger partial charge on any atom is 0.316 e. The van der Waals surface area contributed by atoms with Crippen molar-refractivity contribution in [2.24, 2.45) is 0 Å². The Bertz CT molecular complexity index is 774. The number of carbonyl (C=O) groups excluding carboxylic acids is 2. The van der Waals surface area contributed by atoms with Crippen LogP contribution < -0.4 is 5.32 Å². The topological polar surface area (TPSA) is 79.2 Å². The van der Waals surface area contributed by atoms with Gasteiger partial charge in [0.1, 0.15) is 0 Å². The molecule has 0 fully saturated rings. The molecule has 1 heterocycles. The highest BCUT2D eigenvalue weighted by molar-refractivity contribution is 8.03. The lowest BCUT2D eigenvalue weighted by atomic mass is 9.87. The number of nitrogens with zero attached hydrogens (tertiary/aromatic N) is 1. The number of ether oxygens (including phenoxy) is 1. The minimum absolute atomic E-state index is 0.0144. The smallest absolute Gasteiger partial charge is 0.316 e. The number of nitrogens with one attached hydrogen (secondary N) is 1. The average Bonchev–Trinajstić information content (AvgIpc) is 2.62. The van der Waals surface area contributed by atoms with E-state index < -0.39 is 5.92 Å². The first-order valence-corrected chi connectivity index (χ1v) is 9.88. The summed E-state index contributed by atoms with van der Waals surface area (Å²) in [6.45, 7) is 2.37. The van der Waals surface area contributed by atoms with E-state index in [2.05, 4.69) is 11.4 Å². The summed E-state index contributed by atoms with van der Waals surface area (Å²) in [5.74, 6) is -1.11. The van der Waals surface area contributed by atoms with E-state index in [1.165, 1.54) is 0 Å². The van der Waals surface area contributed by atoms with Crippen LogP contribution in [-0.4, -0.2) is 24.2 Å². The molecule has 0 bridgehead atoms. The molecule has 1 N–H and O–H groups in total. The molecular weight excluding hydrogens is 395 g/mol. The average molecular weight is 413 g/mol. The number of hydrogen-bond acceptors (Lipinski definition) is 5. The summed E-state index contributed by atoms with van der Waals surface area (Å²) in [5, 5.41) is 13.3. The van der Waals surface area contributed by atoms with Crippen molar-refractivity contribution in [1.82, 2.24) is 5.32 Å². The van der Waals surface area contributed by atoms with Crippen molar-refractivity contribution in [3.05, 3.63) is 44.4 Å². The summed E-state index contributed by atoms with van der Waals surface area (Å²) >= 11 is 13.4. The number of thioether (sulfide) groups is 1. The number of benzene rings is 1. The van der Waals surface area contributed by atoms with E-state index in [1.807, 2.05) is 6.92 Å². The van der Waals surface area contributed by atoms with E-state index >= 15 is 0 Å². The number of halogens is 2. The van der Waals surface area contributed by atoms with E-state index in [0.717, 1.165) is 24.6 Å². The zero-order valence-corrected chi connectivity index (χ0v) is 16.5. The predicted molar refractivity (Wildman–Crippen MR) is 103 cm³/mol. The van der Waals surface area contributed by atoms with Gasteiger partial charge in [-0.15, -0.1) is 0 Å². The maximum atomic E-state index is 12.1. The van der Waals surface area contributed by atoms with Crippen molar-refractivity contribution in [2.75, 3.05) is 12.4 Å². The van der Waals surface area contributed by atoms with Crippen LogP contribution in [0.4, 0.5) is 0 Å². The Morgan fingerprint density at radius 2 is 2.23 bits per heavy atom. The van der Waals surface area contributed by atoms with E-state index in [-0.39, 0.29) is 24.1 Å². The zero-order valence-electron chi connectivity index (χ0n) is 14.2. The van der Waals surface area contributed by atoms with Gasteiger partial charge in [-0.1, -0.05) is 60.4 Å². The molecule has 0 saturated carbocycles. The zero-order chi connectivity index (χ0) is 19.1. The second-order valence-corrected chi connectivity index (χ2v) is 7.44. The van der Waals surface area contributed by atoms with Gasteiger partial charge in [-0.2, -0.15) is 5.26 Å². The first-order chi connectivity index (χ1) is 12.5. The van der Waals surface area contributed by atoms with Gasteiger partial charge >= 0.3 is 5.97 Å². The van der Waals surface area contributed by atoms with Crippen LogP contribution in [0.25, 0.3) is 0 Å². The van der Waals surface area contributed by atoms with Crippen LogP contribution in [0.2, 0.25) is 10.0 Å². The Labute approximate surface area is 166 Å². The van der Waals surface area contributed by atoms with Gasteiger partial charge in [0.15, 0.2) is 0 Å². The van der Waals surface area contributed by atoms with Gasteiger partial charge in [-0.3, -0.25) is 9.59 Å². The lowest BCUT2D eigenvalue weighted by molar-refractivity contribution is -0.140. The Morgan fingerprint density at radius 3 is 2.92 bits per heavy atom. The summed E-state index contributed by atoms with van der Waals surface area (Å²) in [5.41, 5.74) is 0.981. The molecule has 138 valence electrons. The number of hydrogen-bond donors (Lipinski definition) is 1. The molecule has 0 aliphatic carbocycles. The molecule has 0 aromatic heterocycles. The van der Waals surface area contributed by atoms with Crippen molar-refractivity contribution < 1.29 is 14.3 Å². The Morgan fingerprint density at radius 1 is 1.46 bits per heavy atom. The van der Waals surface area contributed by atoms with Crippen molar-refractivity contribution in [2.45, 2.75) is 32.1 Å². The van der Waals surface area contributed by atoms with Crippen LogP contribution in [0.15, 0.2) is 28.8 Å². The lowest BCUT2D eigenvalue weighted by Crippen LogP contribution is -2.31. The third kappa shape index (κ3) is 5.16. The second kappa shape index (κ2) is 9.86. The van der Waals surface area contributed by atoms with Crippen LogP contribution in [0.1, 0.15) is 37.7 Å². The Hall–Kier alpha value is -1.68. The van der Waals surface area contributed by atoms with Gasteiger partial charge < -0.3 is 10.1 Å². The van der Waals surface area contributed by atoms with Gasteiger partial charge in [-0.05, 0) is 18.1 Å². The van der Waals surface area contributed by atoms with Gasteiger partial charge in [0.05, 0.1) is 39.1 Å². The van der Waals surface area contributed by atoms with Crippen LogP contribution in [0.3, 0.4) is 0 Å². The minimum atomic E-state index is -0.501. The maximum absolute atomic E-state index is 12.1. The quantitative estimate of drug-likeness (QED) is 0.529. The molecule has 1 atom stereocenters. The number of amides is 1. The largest absolute Gasteiger partial charge is 0.465 e. The SMILES string of the molecule is CCCCOC(=O)CSC1=C(C#N)[C@@H](c2cccc(Cl)c2Cl)CC(=O)N1. The highest BCUT2D eigenvalue weighted by atomic mass is 35.5. The van der Waals surface area contributed by atoms with Crippen molar-refractivity contribution in [3.8, 4) is 6.07 Å². The third-order valence-electron chi connectivity index (χ3n) is 3.81. The molecule has 1 amide bonds. The van der Waals surface area contributed by atoms with E-state index in [1.54, 1.807) is 18.2 Å². The number of carbonyl (C=O) groups is 2. The molecule has 0 radical (unpaired) electrons. The summed E-state index contributed by atoms with van der Waals surface area (Å²) < 4.78 is 5.10. The first kappa shape index (κ1) is 20.6. The number of unbranched alkanes of at least 4 members (excludes halogenated alkanes) is 1. The molecule has 0 spiro atoms. The Balaban J connectivity index is 2.21. The number of rotatable bonds is 7. The van der Waals surface area contributed by atoms with Crippen LogP contribution in [0, 0.1) is 11.3 Å². The fourth-order valence-electron chi connectivity index (χ4n) is 2.49. The van der Waals surface area contributed by atoms with Crippen molar-refractivity contribution >= 4 is 46.8 Å². The van der Waals surface area contributed by atoms with Gasteiger partial charge in [0, 0.05) is 12.3 Å². The fourth-order valence-corrected chi connectivity index (χ4v) is 3.81. The molecule has 0 unspecified atom stereocenters. The monoisotopic (exact) mass is 412 g/mol. The van der Waals surface area contributed by atoms with Crippen molar-refractivity contribution in [1.29, 1.82) is 5.26 Å². The standard InChI is InChI=1S/C18H18Cl2N2O3S/c1-2-3-7-25-16(24)10-26-18-13(9-21)12(8-15(23)22-18)11-5-4-6-14(19)17(11)20/h4-6,12H,2-3,7-8,10H2,1H3,(H,22,23)/t12-/m1/s1. The van der Waals surface area contributed by atoms with Gasteiger partial charge in [0.25, 0.3) is 0 Å². The van der Waals surface area contributed by atoms with E-state index in [9.17, 15) is 14.9 Å².